The summed E-state index contributed by atoms with van der Waals surface area (Å²) in [5, 5.41) is 6.53. The lowest BCUT2D eigenvalue weighted by Crippen LogP contribution is -2.22. The predicted octanol–water partition coefficient (Wildman–Crippen LogP) is 3.92. The number of fused-ring (bicyclic) bond motifs is 1. The number of benzene rings is 2. The number of nitrogens with one attached hydrogen (secondary N) is 2. The molecule has 0 aliphatic carbocycles. The first-order valence-corrected chi connectivity index (χ1v) is 11.7. The van der Waals surface area contributed by atoms with E-state index in [4.69, 9.17) is 11.6 Å². The molecule has 0 unspecified atom stereocenters. The quantitative estimate of drug-likeness (QED) is 0.527. The Morgan fingerprint density at radius 2 is 1.94 bits per heavy atom. The molecule has 0 bridgehead atoms. The van der Waals surface area contributed by atoms with Crippen molar-refractivity contribution < 1.29 is 13.2 Å². The number of amides is 1. The van der Waals surface area contributed by atoms with Crippen molar-refractivity contribution in [1.29, 1.82) is 0 Å². The Kier molecular flexibility index (Phi) is 6.88. The molecule has 1 aromatic heterocycles. The average molecular weight is 464 g/mol. The summed E-state index contributed by atoms with van der Waals surface area (Å²) < 4.78 is 28.2. The van der Waals surface area contributed by atoms with Gasteiger partial charge in [-0.05, 0) is 42.8 Å². The number of carbonyl (C=O) groups is 1. The Morgan fingerprint density at radius 3 is 2.58 bits per heavy atom. The van der Waals surface area contributed by atoms with E-state index in [-0.39, 0.29) is 10.8 Å². The van der Waals surface area contributed by atoms with Gasteiger partial charge < -0.3 is 15.2 Å². The Morgan fingerprint density at radius 1 is 1.19 bits per heavy atom. The summed E-state index contributed by atoms with van der Waals surface area (Å²) in [5.74, 6) is 0.596. The lowest BCUT2D eigenvalue weighted by molar-refractivity contribution is -0.114. The van der Waals surface area contributed by atoms with Crippen molar-refractivity contribution in [3.05, 3.63) is 47.2 Å². The zero-order chi connectivity index (χ0) is 22.8. The first-order valence-electron chi connectivity index (χ1n) is 9.86. The minimum Gasteiger partial charge on any atom is -0.377 e. The highest BCUT2D eigenvalue weighted by Gasteiger charge is 2.19. The third kappa shape index (κ3) is 5.00. The fourth-order valence-electron chi connectivity index (χ4n) is 3.25. The van der Waals surface area contributed by atoms with Gasteiger partial charge in [-0.2, -0.15) is 0 Å². The van der Waals surface area contributed by atoms with Crippen LogP contribution in [0.5, 0.6) is 0 Å². The van der Waals surface area contributed by atoms with Gasteiger partial charge >= 0.3 is 0 Å². The van der Waals surface area contributed by atoms with Gasteiger partial charge in [0.1, 0.15) is 5.82 Å². The number of hydrogen-bond donors (Lipinski definition) is 2. The summed E-state index contributed by atoms with van der Waals surface area (Å²) in [7, 11) is -0.537. The molecule has 0 aliphatic rings. The predicted molar refractivity (Wildman–Crippen MR) is 124 cm³/mol. The van der Waals surface area contributed by atoms with E-state index in [1.54, 1.807) is 36.4 Å². The molecule has 3 rings (SSSR count). The zero-order valence-corrected chi connectivity index (χ0v) is 19.5. The number of imidazole rings is 1. The van der Waals surface area contributed by atoms with Crippen LogP contribution in [0.1, 0.15) is 26.1 Å². The fourth-order valence-corrected chi connectivity index (χ4v) is 4.36. The summed E-state index contributed by atoms with van der Waals surface area (Å²) in [5.41, 5.74) is 2.79. The molecular weight excluding hydrogens is 438 g/mol. The molecule has 1 amide bonds. The molecule has 0 fully saturated rings. The van der Waals surface area contributed by atoms with Gasteiger partial charge in [0.25, 0.3) is 0 Å². The average Bonchev–Trinajstić information content (AvgIpc) is 3.05. The molecule has 0 aliphatic heterocycles. The van der Waals surface area contributed by atoms with Gasteiger partial charge in [0, 0.05) is 33.3 Å². The number of carbonyl (C=O) groups excluding carboxylic acids is 1. The maximum absolute atomic E-state index is 12.5. The van der Waals surface area contributed by atoms with Gasteiger partial charge in [0.15, 0.2) is 0 Å². The normalized spacial score (nSPS) is 11.8. The Bertz CT molecular complexity index is 1220. The topological polar surface area (TPSA) is 96.3 Å². The van der Waals surface area contributed by atoms with E-state index in [9.17, 15) is 13.2 Å². The van der Waals surface area contributed by atoms with Gasteiger partial charge in [0.05, 0.1) is 33.2 Å². The minimum absolute atomic E-state index is 0.165. The van der Waals surface area contributed by atoms with Crippen LogP contribution in [0, 0.1) is 0 Å². The SMILES string of the molecule is CCCn1c(CNc2cc(NC(C)=O)ccc2Cl)nc2cc(S(=O)(=O)N(C)C)ccc21. The van der Waals surface area contributed by atoms with E-state index in [2.05, 4.69) is 27.1 Å². The highest BCUT2D eigenvalue weighted by Crippen LogP contribution is 2.27. The number of sulfonamides is 1. The lowest BCUT2D eigenvalue weighted by Gasteiger charge is -2.13. The van der Waals surface area contributed by atoms with Gasteiger partial charge in [0.2, 0.25) is 15.9 Å². The number of hydrogen-bond acceptors (Lipinski definition) is 5. The molecule has 3 aromatic rings. The standard InChI is InChI=1S/C21H26ClN5O3S/c1-5-10-27-20-9-7-16(31(29,30)26(3)4)12-19(20)25-21(27)13-23-18-11-15(24-14(2)28)6-8-17(18)22/h6-9,11-12,23H,5,10,13H2,1-4H3,(H,24,28). The van der Waals surface area contributed by atoms with Crippen LogP contribution in [-0.4, -0.2) is 42.3 Å². The van der Waals surface area contributed by atoms with Crippen molar-refractivity contribution in [2.45, 2.75) is 38.3 Å². The second-order valence-corrected chi connectivity index (χ2v) is 9.91. The molecule has 0 saturated carbocycles. The number of rotatable bonds is 8. The number of halogens is 1. The van der Waals surface area contributed by atoms with Crippen molar-refractivity contribution in [2.24, 2.45) is 0 Å². The van der Waals surface area contributed by atoms with E-state index in [1.165, 1.54) is 25.3 Å². The highest BCUT2D eigenvalue weighted by molar-refractivity contribution is 7.89. The zero-order valence-electron chi connectivity index (χ0n) is 17.9. The Labute approximate surface area is 187 Å². The number of anilines is 2. The molecule has 1 heterocycles. The van der Waals surface area contributed by atoms with Crippen molar-refractivity contribution >= 4 is 49.9 Å². The largest absolute Gasteiger partial charge is 0.377 e. The van der Waals surface area contributed by atoms with Gasteiger partial charge in [-0.25, -0.2) is 17.7 Å². The summed E-state index contributed by atoms with van der Waals surface area (Å²) >= 11 is 6.31. The van der Waals surface area contributed by atoms with Crippen LogP contribution in [0.4, 0.5) is 11.4 Å². The van der Waals surface area contributed by atoms with E-state index in [1.807, 2.05) is 0 Å². The van der Waals surface area contributed by atoms with E-state index < -0.39 is 10.0 Å². The number of aromatic nitrogens is 2. The molecule has 2 aromatic carbocycles. The first kappa shape index (κ1) is 23.1. The second-order valence-electron chi connectivity index (χ2n) is 7.35. The van der Waals surface area contributed by atoms with Crippen molar-refractivity contribution in [1.82, 2.24) is 13.9 Å². The molecule has 0 spiro atoms. The van der Waals surface area contributed by atoms with Crippen LogP contribution >= 0.6 is 11.6 Å². The third-order valence-electron chi connectivity index (χ3n) is 4.75. The van der Waals surface area contributed by atoms with Crippen molar-refractivity contribution in [3.8, 4) is 0 Å². The summed E-state index contributed by atoms with van der Waals surface area (Å²) in [6.07, 6.45) is 0.898. The molecule has 166 valence electrons. The van der Waals surface area contributed by atoms with Crippen LogP contribution in [0.2, 0.25) is 5.02 Å². The lowest BCUT2D eigenvalue weighted by atomic mass is 10.2. The van der Waals surface area contributed by atoms with E-state index >= 15 is 0 Å². The first-order chi connectivity index (χ1) is 14.6. The van der Waals surface area contributed by atoms with Gasteiger partial charge in [-0.3, -0.25) is 4.79 Å². The molecule has 2 N–H and O–H groups in total. The summed E-state index contributed by atoms with van der Waals surface area (Å²) in [6, 6.07) is 10.2. The molecule has 0 radical (unpaired) electrons. The van der Waals surface area contributed by atoms with E-state index in [0.717, 1.165) is 24.3 Å². The third-order valence-corrected chi connectivity index (χ3v) is 6.89. The minimum atomic E-state index is -3.54. The van der Waals surface area contributed by atoms with Gasteiger partial charge in [-0.15, -0.1) is 0 Å². The molecule has 31 heavy (non-hydrogen) atoms. The summed E-state index contributed by atoms with van der Waals surface area (Å²) in [6.45, 7) is 4.64. The second kappa shape index (κ2) is 9.25. The molecule has 8 nitrogen and oxygen atoms in total. The maximum Gasteiger partial charge on any atom is 0.242 e. The smallest absolute Gasteiger partial charge is 0.242 e. The van der Waals surface area contributed by atoms with Crippen LogP contribution in [0.3, 0.4) is 0 Å². The molecular formula is C21H26ClN5O3S. The number of nitrogens with zero attached hydrogens (tertiary/aromatic N) is 3. The van der Waals surface area contributed by atoms with Crippen LogP contribution < -0.4 is 10.6 Å². The Balaban J connectivity index is 1.95. The highest BCUT2D eigenvalue weighted by atomic mass is 35.5. The summed E-state index contributed by atoms with van der Waals surface area (Å²) in [4.78, 5) is 16.2. The van der Waals surface area contributed by atoms with Crippen molar-refractivity contribution in [2.75, 3.05) is 24.7 Å². The van der Waals surface area contributed by atoms with Gasteiger partial charge in [-0.1, -0.05) is 18.5 Å². The maximum atomic E-state index is 12.5. The number of aryl methyl sites for hydroxylation is 1. The van der Waals surface area contributed by atoms with Crippen LogP contribution in [-0.2, 0) is 27.9 Å². The van der Waals surface area contributed by atoms with E-state index in [0.29, 0.717) is 28.5 Å². The Hall–Kier alpha value is -2.62. The van der Waals surface area contributed by atoms with Crippen LogP contribution in [0.25, 0.3) is 11.0 Å². The van der Waals surface area contributed by atoms with Crippen molar-refractivity contribution in [3.63, 3.8) is 0 Å². The fraction of sp³-hybridized carbons (Fsp3) is 0.333. The monoisotopic (exact) mass is 463 g/mol. The van der Waals surface area contributed by atoms with Crippen LogP contribution in [0.15, 0.2) is 41.3 Å². The molecule has 0 saturated heterocycles. The molecule has 0 atom stereocenters. The molecule has 10 heteroatoms.